The van der Waals surface area contributed by atoms with Crippen LogP contribution in [0.25, 0.3) is 0 Å². The highest BCUT2D eigenvalue weighted by atomic mass is 16.5. The van der Waals surface area contributed by atoms with Gasteiger partial charge in [-0.25, -0.2) is 4.79 Å². The van der Waals surface area contributed by atoms with Crippen LogP contribution in [0.3, 0.4) is 0 Å². The average Bonchev–Trinajstić information content (AvgIpc) is 2.95. The summed E-state index contributed by atoms with van der Waals surface area (Å²) >= 11 is 0. The fourth-order valence-corrected chi connectivity index (χ4v) is 5.92. The Balaban J connectivity index is 1.97. The smallest absolute Gasteiger partial charge is 0.336 e. The van der Waals surface area contributed by atoms with E-state index in [2.05, 4.69) is 0 Å². The molecular weight excluding hydrogens is 514 g/mol. The Labute approximate surface area is 234 Å². The van der Waals surface area contributed by atoms with E-state index in [4.69, 9.17) is 28.7 Å². The molecule has 40 heavy (non-hydrogen) atoms. The third-order valence-corrected chi connectivity index (χ3v) is 7.49. The summed E-state index contributed by atoms with van der Waals surface area (Å²) in [5, 5.41) is 0. The molecule has 1 unspecified atom stereocenters. The molecule has 0 bridgehead atoms. The number of Topliss-reactive ketones (excluding diaryl/α,β-unsaturated/α-hetero) is 1. The van der Waals surface area contributed by atoms with Crippen molar-refractivity contribution in [3.63, 3.8) is 0 Å². The van der Waals surface area contributed by atoms with Gasteiger partial charge >= 0.3 is 11.9 Å². The number of para-hydroxylation sites is 2. The Morgan fingerprint density at radius 1 is 0.850 bits per heavy atom. The van der Waals surface area contributed by atoms with Gasteiger partial charge in [-0.3, -0.25) is 14.6 Å². The average molecular weight is 550 g/mol. The molecule has 1 fully saturated rings. The largest absolute Gasteiger partial charge is 0.496 e. The van der Waals surface area contributed by atoms with Crippen LogP contribution in [0.5, 0.6) is 17.2 Å². The van der Waals surface area contributed by atoms with Gasteiger partial charge in [0.2, 0.25) is 0 Å². The first kappa shape index (κ1) is 28.9. The van der Waals surface area contributed by atoms with Crippen molar-refractivity contribution in [2.75, 3.05) is 34.5 Å². The first-order valence-corrected chi connectivity index (χ1v) is 13.3. The van der Waals surface area contributed by atoms with Crippen molar-refractivity contribution in [3.05, 3.63) is 64.9 Å². The minimum Gasteiger partial charge on any atom is -0.496 e. The number of allylic oxidation sites excluding steroid dienone is 1. The van der Waals surface area contributed by atoms with Gasteiger partial charge in [0.1, 0.15) is 11.7 Å². The highest BCUT2D eigenvalue weighted by Gasteiger charge is 2.54. The number of hydrogen-bond donors (Lipinski definition) is 0. The van der Waals surface area contributed by atoms with Crippen molar-refractivity contribution in [2.45, 2.75) is 39.0 Å². The van der Waals surface area contributed by atoms with Crippen LogP contribution in [0.2, 0.25) is 0 Å². The van der Waals surface area contributed by atoms with E-state index < -0.39 is 35.6 Å². The fourth-order valence-electron chi connectivity index (χ4n) is 5.92. The van der Waals surface area contributed by atoms with E-state index >= 15 is 0 Å². The van der Waals surface area contributed by atoms with Crippen molar-refractivity contribution in [1.29, 1.82) is 0 Å². The normalized spacial score (nSPS) is 22.1. The molecule has 2 aromatic rings. The number of carbonyl (C=O) groups excluding carboxylic acids is 3. The van der Waals surface area contributed by atoms with Gasteiger partial charge in [-0.05, 0) is 44.9 Å². The molecule has 1 aliphatic heterocycles. The Morgan fingerprint density at radius 2 is 1.50 bits per heavy atom. The highest BCUT2D eigenvalue weighted by molar-refractivity contribution is 6.18. The first-order chi connectivity index (χ1) is 19.3. The molecule has 2 aromatic carbocycles. The number of carbonyl (C=O) groups is 3. The molecule has 1 saturated carbocycles. The summed E-state index contributed by atoms with van der Waals surface area (Å²) < 4.78 is 27.7. The zero-order chi connectivity index (χ0) is 29.0. The predicted octanol–water partition coefficient (Wildman–Crippen LogP) is 4.64. The molecule has 4 atom stereocenters. The Kier molecular flexibility index (Phi) is 8.92. The van der Waals surface area contributed by atoms with Gasteiger partial charge in [-0.15, -0.1) is 0 Å². The van der Waals surface area contributed by atoms with E-state index in [9.17, 15) is 14.4 Å². The molecule has 4 rings (SSSR count). The maximum Gasteiger partial charge on any atom is 0.336 e. The van der Waals surface area contributed by atoms with Gasteiger partial charge in [0, 0.05) is 28.8 Å². The quantitative estimate of drug-likeness (QED) is 0.329. The second-order valence-electron chi connectivity index (χ2n) is 9.55. The molecule has 2 aliphatic rings. The standard InChI is InChI=1S/C31H35NO8/c1-7-39-30(34)24-17(3)32-21-16-20(18-12-9-10-14-22(18)36-4)26(31(35)40-8-2)28(33)27(21)25(24)19-13-11-15-23(37-5)29(19)38-6/h9-15,20,25-27H,7-8,16H2,1-6H3/t20-,25+,26+,27?/m0/s1. The second-order valence-corrected chi connectivity index (χ2v) is 9.55. The van der Waals surface area contributed by atoms with Gasteiger partial charge < -0.3 is 23.7 Å². The molecular formula is C31H35NO8. The number of fused-ring (bicyclic) bond motifs is 1. The van der Waals surface area contributed by atoms with E-state index in [-0.39, 0.29) is 31.0 Å². The molecule has 0 amide bonds. The fraction of sp³-hybridized carbons (Fsp3) is 0.419. The van der Waals surface area contributed by atoms with Crippen LogP contribution in [-0.2, 0) is 23.9 Å². The first-order valence-electron chi connectivity index (χ1n) is 13.3. The molecule has 0 N–H and O–H groups in total. The van der Waals surface area contributed by atoms with Gasteiger partial charge in [-0.1, -0.05) is 30.3 Å². The predicted molar refractivity (Wildman–Crippen MR) is 148 cm³/mol. The number of hydrogen-bond acceptors (Lipinski definition) is 9. The van der Waals surface area contributed by atoms with E-state index in [0.717, 1.165) is 0 Å². The Bertz CT molecular complexity index is 1360. The number of rotatable bonds is 9. The molecule has 9 nitrogen and oxygen atoms in total. The van der Waals surface area contributed by atoms with Crippen molar-refractivity contribution >= 4 is 23.4 Å². The van der Waals surface area contributed by atoms with Crippen LogP contribution in [0.4, 0.5) is 0 Å². The van der Waals surface area contributed by atoms with E-state index in [0.29, 0.717) is 39.8 Å². The van der Waals surface area contributed by atoms with E-state index in [1.807, 2.05) is 18.2 Å². The Hall–Kier alpha value is -4.14. The molecule has 1 aliphatic carbocycles. The molecule has 0 radical (unpaired) electrons. The number of esters is 2. The maximum atomic E-state index is 14.6. The van der Waals surface area contributed by atoms with E-state index in [1.165, 1.54) is 14.2 Å². The number of ether oxygens (including phenoxy) is 5. The SMILES string of the molecule is CCOC(=O)C1=C(C)N=C2C[C@@H](c3ccccc3OC)[C@@H](C(=O)OCC)C(=O)C2[C@@H]1c1cccc(OC)c1OC. The number of nitrogens with zero attached hydrogens (tertiary/aromatic N) is 1. The van der Waals surface area contributed by atoms with Gasteiger partial charge in [0.15, 0.2) is 17.3 Å². The summed E-state index contributed by atoms with van der Waals surface area (Å²) in [7, 11) is 4.57. The van der Waals surface area contributed by atoms with Crippen molar-refractivity contribution in [2.24, 2.45) is 16.8 Å². The lowest BCUT2D eigenvalue weighted by Crippen LogP contribution is -2.49. The maximum absolute atomic E-state index is 14.6. The van der Waals surface area contributed by atoms with E-state index in [1.54, 1.807) is 52.1 Å². The number of ketones is 1. The summed E-state index contributed by atoms with van der Waals surface area (Å²) in [6.07, 6.45) is 0.288. The number of methoxy groups -OCH3 is 3. The van der Waals surface area contributed by atoms with Gasteiger partial charge in [0.05, 0.1) is 46.0 Å². The Morgan fingerprint density at radius 3 is 2.15 bits per heavy atom. The molecule has 0 aromatic heterocycles. The van der Waals surface area contributed by atoms with Crippen LogP contribution >= 0.6 is 0 Å². The lowest BCUT2D eigenvalue weighted by Gasteiger charge is -2.41. The lowest BCUT2D eigenvalue weighted by atomic mass is 9.62. The topological polar surface area (TPSA) is 110 Å². The van der Waals surface area contributed by atoms with Crippen LogP contribution in [0.1, 0.15) is 50.2 Å². The molecule has 9 heteroatoms. The molecule has 0 spiro atoms. The van der Waals surface area contributed by atoms with Gasteiger partial charge in [0.25, 0.3) is 0 Å². The second kappa shape index (κ2) is 12.4. The molecule has 1 heterocycles. The highest BCUT2D eigenvalue weighted by Crippen LogP contribution is 2.52. The summed E-state index contributed by atoms with van der Waals surface area (Å²) in [5.41, 5.74) is 2.54. The number of aliphatic imine (C=N–C) groups is 1. The molecule has 0 saturated heterocycles. The summed E-state index contributed by atoms with van der Waals surface area (Å²) in [6, 6.07) is 12.6. The number of benzene rings is 2. The molecule has 212 valence electrons. The third-order valence-electron chi connectivity index (χ3n) is 7.49. The summed E-state index contributed by atoms with van der Waals surface area (Å²) in [5.74, 6) is -3.64. The van der Waals surface area contributed by atoms with Crippen LogP contribution in [0, 0.1) is 11.8 Å². The summed E-state index contributed by atoms with van der Waals surface area (Å²) in [6.45, 7) is 5.41. The minimum atomic E-state index is -1.14. The van der Waals surface area contributed by atoms with Crippen molar-refractivity contribution in [3.8, 4) is 17.2 Å². The van der Waals surface area contributed by atoms with Gasteiger partial charge in [-0.2, -0.15) is 0 Å². The lowest BCUT2D eigenvalue weighted by molar-refractivity contribution is -0.153. The summed E-state index contributed by atoms with van der Waals surface area (Å²) in [4.78, 5) is 46.2. The minimum absolute atomic E-state index is 0.118. The third kappa shape index (κ3) is 5.08. The van der Waals surface area contributed by atoms with Crippen LogP contribution in [-0.4, -0.2) is 58.0 Å². The zero-order valence-electron chi connectivity index (χ0n) is 23.7. The monoisotopic (exact) mass is 549 g/mol. The van der Waals surface area contributed by atoms with Crippen molar-refractivity contribution < 1.29 is 38.1 Å². The zero-order valence-corrected chi connectivity index (χ0v) is 23.7. The van der Waals surface area contributed by atoms with Crippen molar-refractivity contribution in [1.82, 2.24) is 0 Å². The van der Waals surface area contributed by atoms with Crippen LogP contribution < -0.4 is 14.2 Å². The van der Waals surface area contributed by atoms with Crippen LogP contribution in [0.15, 0.2) is 58.7 Å².